The van der Waals surface area contributed by atoms with Gasteiger partial charge in [-0.1, -0.05) is 38.1 Å². The van der Waals surface area contributed by atoms with E-state index in [9.17, 15) is 30.7 Å². The summed E-state index contributed by atoms with van der Waals surface area (Å²) in [4.78, 5) is 0.0874. The summed E-state index contributed by atoms with van der Waals surface area (Å²) in [6.07, 6.45) is -3.55. The summed E-state index contributed by atoms with van der Waals surface area (Å²) in [6.45, 7) is 4.03. The van der Waals surface area contributed by atoms with Gasteiger partial charge in [-0.2, -0.15) is 12.6 Å². The van der Waals surface area contributed by atoms with Crippen molar-refractivity contribution >= 4 is 24.4 Å². The molecule has 0 saturated heterocycles. The molecule has 2 aromatic rings. The summed E-state index contributed by atoms with van der Waals surface area (Å²) in [7, 11) is 0. The van der Waals surface area contributed by atoms with Gasteiger partial charge in [-0.15, -0.1) is 11.8 Å². The number of rotatable bonds is 6. The third-order valence-electron chi connectivity index (χ3n) is 3.12. The molecule has 0 heterocycles. The van der Waals surface area contributed by atoms with Gasteiger partial charge in [-0.25, -0.2) is 30.7 Å². The third kappa shape index (κ3) is 13.7. The van der Waals surface area contributed by atoms with E-state index in [1.807, 2.05) is 6.92 Å². The Morgan fingerprint density at radius 1 is 0.806 bits per heavy atom. The van der Waals surface area contributed by atoms with Crippen molar-refractivity contribution in [1.29, 1.82) is 0 Å². The van der Waals surface area contributed by atoms with Gasteiger partial charge in [0.05, 0.1) is 10.5 Å². The van der Waals surface area contributed by atoms with Gasteiger partial charge in [0.2, 0.25) is 0 Å². The van der Waals surface area contributed by atoms with Crippen LogP contribution >= 0.6 is 24.4 Å². The smallest absolute Gasteiger partial charge is 0.870 e. The minimum atomic E-state index is -2.97. The van der Waals surface area contributed by atoms with Crippen molar-refractivity contribution in [1.82, 2.24) is 0 Å². The number of hydrogen-bond acceptors (Lipinski definition) is 3. The molecule has 1 nitrogen and oxygen atoms in total. The molecule has 2 rings (SSSR count). The normalized spacial score (nSPS) is 9.68. The first kappa shape index (κ1) is 35.2. The number of hydrogen-bond donors (Lipinski definition) is 1. The molecule has 0 atom stereocenters. The van der Waals surface area contributed by atoms with Crippen LogP contribution in [0.25, 0.3) is 0 Å². The Morgan fingerprint density at radius 2 is 1.26 bits per heavy atom. The van der Waals surface area contributed by atoms with Gasteiger partial charge in [0.15, 0.2) is 11.6 Å². The zero-order valence-corrected chi connectivity index (χ0v) is 21.1. The average molecular weight is 501 g/mol. The van der Waals surface area contributed by atoms with E-state index in [4.69, 9.17) is 0 Å². The maximum Gasteiger partial charge on any atom is 1.00 e. The van der Waals surface area contributed by atoms with Crippen molar-refractivity contribution in [2.24, 2.45) is 0 Å². The molecule has 0 bridgehead atoms. The molecule has 1 N–H and O–H groups in total. The van der Waals surface area contributed by atoms with Crippen molar-refractivity contribution in [3.8, 4) is 0 Å². The largest absolute Gasteiger partial charge is 1.00 e. The van der Waals surface area contributed by atoms with E-state index in [2.05, 4.69) is 19.6 Å². The molecule has 11 heteroatoms. The fraction of sp³-hybridized carbons (Fsp3) is 0.400. The molecule has 0 aromatic heterocycles. The first-order valence-corrected chi connectivity index (χ1v) is 10.3. The molecular formula is C20H24F7NaOS2. The van der Waals surface area contributed by atoms with Gasteiger partial charge >= 0.3 is 29.6 Å². The number of alkyl halides is 4. The molecule has 0 aliphatic heterocycles. The van der Waals surface area contributed by atoms with Gasteiger partial charge in [0.25, 0.3) is 12.9 Å². The van der Waals surface area contributed by atoms with Gasteiger partial charge in [0.1, 0.15) is 5.82 Å². The predicted molar refractivity (Wildman–Crippen MR) is 110 cm³/mol. The summed E-state index contributed by atoms with van der Waals surface area (Å²) < 4.78 is 86.3. The van der Waals surface area contributed by atoms with E-state index in [0.717, 1.165) is 42.1 Å². The van der Waals surface area contributed by atoms with Gasteiger partial charge in [-0.05, 0) is 36.5 Å². The maximum atomic E-state index is 13.2. The maximum absolute atomic E-state index is 13.2. The Kier molecular flexibility index (Phi) is 23.0. The van der Waals surface area contributed by atoms with E-state index >= 15 is 0 Å². The summed E-state index contributed by atoms with van der Waals surface area (Å²) in [5.74, 6) is -1.60. The van der Waals surface area contributed by atoms with Gasteiger partial charge in [-0.3, -0.25) is 0 Å². The standard InChI is InChI=1S/C10H11F3S.C7H4F4.C3H8S.Na.H2O/c1-2-6-14-9-7(10(12)13)4-3-5-8(9)11;8-5-3-1-2-4(6(5)9)7(10)11;1-2-3-4;;/h3-5,10H,2,6H2,1H3;1-3,7H;4H,2-3H2,1H3;;1H2/q;;;+1;/p-1. The minimum absolute atomic E-state index is 0. The van der Waals surface area contributed by atoms with Crippen molar-refractivity contribution in [3.05, 3.63) is 65.0 Å². The predicted octanol–water partition coefficient (Wildman–Crippen LogP) is 5.32. The number of thioether (sulfide) groups is 1. The van der Waals surface area contributed by atoms with Crippen LogP contribution in [0.1, 0.15) is 50.7 Å². The van der Waals surface area contributed by atoms with Gasteiger partial charge < -0.3 is 5.48 Å². The number of thiol groups is 1. The molecule has 0 aliphatic carbocycles. The first-order valence-electron chi connectivity index (χ1n) is 8.73. The van der Waals surface area contributed by atoms with E-state index in [-0.39, 0.29) is 45.5 Å². The van der Waals surface area contributed by atoms with Crippen LogP contribution in [-0.2, 0) is 0 Å². The van der Waals surface area contributed by atoms with Crippen molar-refractivity contribution in [3.63, 3.8) is 0 Å². The second-order valence-electron chi connectivity index (χ2n) is 5.47. The van der Waals surface area contributed by atoms with Crippen LogP contribution in [-0.4, -0.2) is 17.0 Å². The summed E-state index contributed by atoms with van der Waals surface area (Å²) in [5.41, 5.74) is -1.10. The third-order valence-corrected chi connectivity index (χ3v) is 4.90. The second kappa shape index (κ2) is 20.2. The SMILES string of the molecule is CCCS.CCCSc1c(F)cccc1C(F)F.Fc1cccc(C(F)F)c1F.[Na+].[OH-]. The molecule has 0 spiro atoms. The minimum Gasteiger partial charge on any atom is -0.870 e. The zero-order chi connectivity index (χ0) is 22.4. The Hall–Kier alpha value is -0.390. The van der Waals surface area contributed by atoms with E-state index in [0.29, 0.717) is 5.75 Å². The quantitative estimate of drug-likeness (QED) is 0.252. The average Bonchev–Trinajstić information content (AvgIpc) is 2.69. The second-order valence-corrected chi connectivity index (χ2v) is 7.03. The Bertz CT molecular complexity index is 720. The van der Waals surface area contributed by atoms with E-state index in [1.165, 1.54) is 24.6 Å². The molecule has 31 heavy (non-hydrogen) atoms. The topological polar surface area (TPSA) is 30.0 Å². The van der Waals surface area contributed by atoms with Crippen molar-refractivity contribution < 1.29 is 65.8 Å². The Morgan fingerprint density at radius 3 is 1.65 bits per heavy atom. The van der Waals surface area contributed by atoms with E-state index in [1.54, 1.807) is 0 Å². The van der Waals surface area contributed by atoms with Crippen LogP contribution in [0.4, 0.5) is 30.7 Å². The van der Waals surface area contributed by atoms with Crippen molar-refractivity contribution in [2.75, 3.05) is 11.5 Å². The number of halogens is 7. The zero-order valence-electron chi connectivity index (χ0n) is 17.4. The van der Waals surface area contributed by atoms with Crippen LogP contribution in [0.3, 0.4) is 0 Å². The molecule has 2 aromatic carbocycles. The van der Waals surface area contributed by atoms with Crippen molar-refractivity contribution in [2.45, 2.75) is 44.4 Å². The molecule has 0 amide bonds. The summed E-state index contributed by atoms with van der Waals surface area (Å²) in [6, 6.07) is 6.48. The first-order chi connectivity index (χ1) is 13.7. The van der Waals surface area contributed by atoms with E-state index < -0.39 is 35.9 Å². The molecule has 0 fully saturated rings. The molecule has 0 saturated carbocycles. The fourth-order valence-corrected chi connectivity index (χ4v) is 2.68. The van der Waals surface area contributed by atoms with Crippen LogP contribution in [0, 0.1) is 17.5 Å². The summed E-state index contributed by atoms with van der Waals surface area (Å²) in [5, 5.41) is 0. The monoisotopic (exact) mass is 500 g/mol. The molecule has 0 aliphatic rings. The molecular weight excluding hydrogens is 476 g/mol. The van der Waals surface area contributed by atoms with Crippen LogP contribution in [0.5, 0.6) is 0 Å². The van der Waals surface area contributed by atoms with Crippen LogP contribution < -0.4 is 29.6 Å². The van der Waals surface area contributed by atoms with Gasteiger partial charge in [0, 0.05) is 5.56 Å². The Labute approximate surface area is 210 Å². The van der Waals surface area contributed by atoms with Crippen LogP contribution in [0.15, 0.2) is 41.3 Å². The molecule has 0 unspecified atom stereocenters. The molecule has 172 valence electrons. The van der Waals surface area contributed by atoms with Crippen LogP contribution in [0.2, 0.25) is 0 Å². The summed E-state index contributed by atoms with van der Waals surface area (Å²) >= 11 is 5.07. The Balaban J connectivity index is -0.000000416. The fourth-order valence-electron chi connectivity index (χ4n) is 1.74. The molecule has 0 radical (unpaired) electrons. The number of benzene rings is 2.